The molecule has 4 heteroatoms. The Labute approximate surface area is 128 Å². The van der Waals surface area contributed by atoms with Gasteiger partial charge in [0.2, 0.25) is 0 Å². The summed E-state index contributed by atoms with van der Waals surface area (Å²) < 4.78 is 5.78. The molecule has 0 saturated carbocycles. The summed E-state index contributed by atoms with van der Waals surface area (Å²) in [6, 6.07) is 17.1. The Bertz CT molecular complexity index is 814. The first-order valence-electron chi connectivity index (χ1n) is 6.98. The number of aromatic nitrogens is 1. The standard InChI is InChI=1S/C18H15NO3/c20-18(21)11-15-4-1-2-6-17(15)22-12-13-7-8-14-5-3-9-19-16(14)10-13/h1-10H,11-12H2,(H,20,21). The summed E-state index contributed by atoms with van der Waals surface area (Å²) in [6.07, 6.45) is 1.71. The monoisotopic (exact) mass is 293 g/mol. The van der Waals surface area contributed by atoms with Gasteiger partial charge in [-0.05, 0) is 23.8 Å². The number of rotatable bonds is 5. The van der Waals surface area contributed by atoms with E-state index in [1.807, 2.05) is 42.5 Å². The van der Waals surface area contributed by atoms with Crippen molar-refractivity contribution >= 4 is 16.9 Å². The first-order valence-corrected chi connectivity index (χ1v) is 6.98. The predicted molar refractivity (Wildman–Crippen MR) is 83.9 cm³/mol. The summed E-state index contributed by atoms with van der Waals surface area (Å²) in [5.41, 5.74) is 2.59. The van der Waals surface area contributed by atoms with Gasteiger partial charge in [-0.25, -0.2) is 0 Å². The fourth-order valence-electron chi connectivity index (χ4n) is 2.32. The van der Waals surface area contributed by atoms with Crippen LogP contribution in [-0.4, -0.2) is 16.1 Å². The first-order chi connectivity index (χ1) is 10.7. The lowest BCUT2D eigenvalue weighted by Crippen LogP contribution is -2.04. The number of hydrogen-bond donors (Lipinski definition) is 1. The number of carbonyl (C=O) groups is 1. The molecule has 0 fully saturated rings. The van der Waals surface area contributed by atoms with E-state index < -0.39 is 5.97 Å². The van der Waals surface area contributed by atoms with Gasteiger partial charge in [-0.3, -0.25) is 9.78 Å². The van der Waals surface area contributed by atoms with Gasteiger partial charge in [-0.15, -0.1) is 0 Å². The summed E-state index contributed by atoms with van der Waals surface area (Å²) in [6.45, 7) is 0.378. The summed E-state index contributed by atoms with van der Waals surface area (Å²) >= 11 is 0. The second-order valence-corrected chi connectivity index (χ2v) is 5.00. The molecule has 1 aromatic heterocycles. The third-order valence-corrected chi connectivity index (χ3v) is 3.38. The molecule has 3 rings (SSSR count). The maximum atomic E-state index is 10.9. The zero-order chi connectivity index (χ0) is 15.4. The van der Waals surface area contributed by atoms with Gasteiger partial charge >= 0.3 is 5.97 Å². The number of aliphatic carboxylic acids is 1. The highest BCUT2D eigenvalue weighted by Gasteiger charge is 2.07. The second-order valence-electron chi connectivity index (χ2n) is 5.00. The number of hydrogen-bond acceptors (Lipinski definition) is 3. The molecule has 0 aliphatic rings. The lowest BCUT2D eigenvalue weighted by atomic mass is 10.1. The van der Waals surface area contributed by atoms with E-state index in [0.29, 0.717) is 17.9 Å². The number of pyridine rings is 1. The van der Waals surface area contributed by atoms with E-state index in [4.69, 9.17) is 9.84 Å². The van der Waals surface area contributed by atoms with Gasteiger partial charge in [0.15, 0.2) is 0 Å². The van der Waals surface area contributed by atoms with Gasteiger partial charge in [0, 0.05) is 17.1 Å². The molecule has 0 saturated heterocycles. The van der Waals surface area contributed by atoms with Crippen molar-refractivity contribution in [2.75, 3.05) is 0 Å². The number of carboxylic acids is 1. The fraction of sp³-hybridized carbons (Fsp3) is 0.111. The van der Waals surface area contributed by atoms with E-state index in [1.54, 1.807) is 18.3 Å². The van der Waals surface area contributed by atoms with E-state index in [-0.39, 0.29) is 6.42 Å². The molecule has 0 amide bonds. The van der Waals surface area contributed by atoms with E-state index in [2.05, 4.69) is 4.98 Å². The van der Waals surface area contributed by atoms with E-state index in [0.717, 1.165) is 16.5 Å². The average molecular weight is 293 g/mol. The Hall–Kier alpha value is -2.88. The van der Waals surface area contributed by atoms with Crippen molar-refractivity contribution in [2.24, 2.45) is 0 Å². The average Bonchev–Trinajstić information content (AvgIpc) is 2.53. The van der Waals surface area contributed by atoms with Crippen molar-refractivity contribution < 1.29 is 14.6 Å². The zero-order valence-corrected chi connectivity index (χ0v) is 11.9. The Morgan fingerprint density at radius 1 is 1.09 bits per heavy atom. The van der Waals surface area contributed by atoms with E-state index in [9.17, 15) is 4.79 Å². The highest BCUT2D eigenvalue weighted by molar-refractivity contribution is 5.78. The third-order valence-electron chi connectivity index (χ3n) is 3.38. The van der Waals surface area contributed by atoms with Gasteiger partial charge < -0.3 is 9.84 Å². The van der Waals surface area contributed by atoms with Crippen LogP contribution in [0.2, 0.25) is 0 Å². The number of ether oxygens (including phenoxy) is 1. The number of carboxylic acid groups (broad SMARTS) is 1. The highest BCUT2D eigenvalue weighted by Crippen LogP contribution is 2.21. The molecule has 0 aliphatic heterocycles. The third kappa shape index (κ3) is 3.23. The van der Waals surface area contributed by atoms with Crippen LogP contribution in [-0.2, 0) is 17.8 Å². The van der Waals surface area contributed by atoms with Crippen molar-refractivity contribution in [3.63, 3.8) is 0 Å². The molecule has 0 unspecified atom stereocenters. The number of fused-ring (bicyclic) bond motifs is 1. The quantitative estimate of drug-likeness (QED) is 0.783. The SMILES string of the molecule is O=C(O)Cc1ccccc1OCc1ccc2cccnc2c1. The number of benzene rings is 2. The van der Waals surface area contributed by atoms with Crippen LogP contribution >= 0.6 is 0 Å². The maximum absolute atomic E-state index is 10.9. The Kier molecular flexibility index (Phi) is 4.01. The highest BCUT2D eigenvalue weighted by atomic mass is 16.5. The minimum Gasteiger partial charge on any atom is -0.489 e. The Morgan fingerprint density at radius 2 is 1.95 bits per heavy atom. The lowest BCUT2D eigenvalue weighted by Gasteiger charge is -2.10. The molecular formula is C18H15NO3. The molecular weight excluding hydrogens is 278 g/mol. The normalized spacial score (nSPS) is 10.5. The molecule has 0 radical (unpaired) electrons. The van der Waals surface area contributed by atoms with Gasteiger partial charge in [0.05, 0.1) is 11.9 Å². The van der Waals surface area contributed by atoms with Crippen molar-refractivity contribution in [3.8, 4) is 5.75 Å². The van der Waals surface area contributed by atoms with Crippen molar-refractivity contribution in [1.82, 2.24) is 4.98 Å². The predicted octanol–water partition coefficient (Wildman–Crippen LogP) is 3.44. The van der Waals surface area contributed by atoms with E-state index >= 15 is 0 Å². The maximum Gasteiger partial charge on any atom is 0.307 e. The minimum atomic E-state index is -0.869. The lowest BCUT2D eigenvalue weighted by molar-refractivity contribution is -0.136. The molecule has 3 aromatic rings. The number of para-hydroxylation sites is 1. The molecule has 22 heavy (non-hydrogen) atoms. The minimum absolute atomic E-state index is 0.0462. The smallest absolute Gasteiger partial charge is 0.307 e. The molecule has 0 aliphatic carbocycles. The summed E-state index contributed by atoms with van der Waals surface area (Å²) in [5.74, 6) is -0.267. The second kappa shape index (κ2) is 6.26. The molecule has 4 nitrogen and oxygen atoms in total. The molecule has 2 aromatic carbocycles. The molecule has 1 heterocycles. The van der Waals surface area contributed by atoms with Gasteiger partial charge in [0.1, 0.15) is 12.4 Å². The summed E-state index contributed by atoms with van der Waals surface area (Å²) in [4.78, 5) is 15.2. The molecule has 110 valence electrons. The molecule has 0 atom stereocenters. The van der Waals surface area contributed by atoms with Crippen LogP contribution in [0.15, 0.2) is 60.8 Å². The molecule has 1 N–H and O–H groups in total. The van der Waals surface area contributed by atoms with Gasteiger partial charge in [-0.1, -0.05) is 36.4 Å². The van der Waals surface area contributed by atoms with Crippen LogP contribution in [0, 0.1) is 0 Å². The van der Waals surface area contributed by atoms with Crippen LogP contribution in [0.25, 0.3) is 10.9 Å². The molecule has 0 bridgehead atoms. The van der Waals surface area contributed by atoms with Crippen LogP contribution in [0.3, 0.4) is 0 Å². The van der Waals surface area contributed by atoms with Crippen molar-refractivity contribution in [3.05, 3.63) is 71.9 Å². The number of nitrogens with zero attached hydrogens (tertiary/aromatic N) is 1. The van der Waals surface area contributed by atoms with Gasteiger partial charge in [0.25, 0.3) is 0 Å². The zero-order valence-electron chi connectivity index (χ0n) is 11.9. The summed E-state index contributed by atoms with van der Waals surface area (Å²) in [5, 5.41) is 10.0. The largest absolute Gasteiger partial charge is 0.489 e. The topological polar surface area (TPSA) is 59.4 Å². The van der Waals surface area contributed by atoms with E-state index in [1.165, 1.54) is 0 Å². The first kappa shape index (κ1) is 14.1. The van der Waals surface area contributed by atoms with Crippen LogP contribution in [0.1, 0.15) is 11.1 Å². The fourth-order valence-corrected chi connectivity index (χ4v) is 2.32. The van der Waals surface area contributed by atoms with Crippen molar-refractivity contribution in [1.29, 1.82) is 0 Å². The Morgan fingerprint density at radius 3 is 2.82 bits per heavy atom. The van der Waals surface area contributed by atoms with Crippen LogP contribution in [0.5, 0.6) is 5.75 Å². The van der Waals surface area contributed by atoms with Crippen molar-refractivity contribution in [2.45, 2.75) is 13.0 Å². The van der Waals surface area contributed by atoms with Crippen LogP contribution in [0.4, 0.5) is 0 Å². The summed E-state index contributed by atoms with van der Waals surface area (Å²) in [7, 11) is 0. The Balaban J connectivity index is 1.77. The van der Waals surface area contributed by atoms with Gasteiger partial charge in [-0.2, -0.15) is 0 Å². The molecule has 0 spiro atoms. The van der Waals surface area contributed by atoms with Crippen LogP contribution < -0.4 is 4.74 Å².